The summed E-state index contributed by atoms with van der Waals surface area (Å²) < 4.78 is 68.6. The lowest BCUT2D eigenvalue weighted by molar-refractivity contribution is -0.161. The minimum absolute atomic E-state index is 0.107. The van der Waals surface area contributed by atoms with Crippen LogP contribution in [0.25, 0.3) is 0 Å². The largest absolute Gasteiger partial charge is 0.472 e. The van der Waals surface area contributed by atoms with E-state index in [9.17, 15) is 43.2 Å². The van der Waals surface area contributed by atoms with Gasteiger partial charge in [0.1, 0.15) is 19.3 Å². The number of unbranched alkanes of at least 4 members (excludes halogenated alkanes) is 47. The minimum atomic E-state index is -4.96. The number of ether oxygens (including phenoxy) is 4. The van der Waals surface area contributed by atoms with Crippen LogP contribution in [0.2, 0.25) is 0 Å². The predicted molar refractivity (Wildman–Crippen MR) is 395 cm³/mol. The van der Waals surface area contributed by atoms with Crippen LogP contribution in [0.5, 0.6) is 0 Å². The van der Waals surface area contributed by atoms with E-state index in [2.05, 4.69) is 41.5 Å². The van der Waals surface area contributed by atoms with Gasteiger partial charge in [-0.25, -0.2) is 9.13 Å². The van der Waals surface area contributed by atoms with Gasteiger partial charge >= 0.3 is 39.5 Å². The smallest absolute Gasteiger partial charge is 0.462 e. The zero-order valence-corrected chi connectivity index (χ0v) is 65.2. The summed E-state index contributed by atoms with van der Waals surface area (Å²) in [5.41, 5.74) is 0. The Morgan fingerprint density at radius 3 is 0.701 bits per heavy atom. The van der Waals surface area contributed by atoms with Crippen LogP contribution in [0.4, 0.5) is 0 Å². The van der Waals surface area contributed by atoms with E-state index in [0.717, 1.165) is 102 Å². The molecule has 2 unspecified atom stereocenters. The van der Waals surface area contributed by atoms with Crippen LogP contribution in [0.15, 0.2) is 0 Å². The fourth-order valence-electron chi connectivity index (χ4n) is 12.0. The van der Waals surface area contributed by atoms with Crippen molar-refractivity contribution in [1.82, 2.24) is 0 Å². The molecule has 576 valence electrons. The molecule has 0 saturated carbocycles. The standard InChI is InChI=1S/C78H152O17P2/c1-7-9-11-13-15-17-19-21-22-23-24-25-26-27-29-33-38-44-51-57-63-78(83)94-73(66-88-75(80)60-54-48-42-36-34-30-31-35-40-46-52-58-70(3)4)68-92-96(84,85)90-64-72(79)65-91-97(86,87)93-69-74(67-89-76(81)61-55-49-45-39-41-47-53-59-71(5)6)95-77(82)62-56-50-43-37-32-28-20-18-16-14-12-10-8-2/h70-74,79H,7-69H2,1-6H3,(H,84,85)(H,86,87)/t72-,73-,74-/m1/s1. The van der Waals surface area contributed by atoms with Gasteiger partial charge in [-0.3, -0.25) is 37.3 Å². The van der Waals surface area contributed by atoms with E-state index in [1.165, 1.54) is 218 Å². The molecule has 0 spiro atoms. The highest BCUT2D eigenvalue weighted by Gasteiger charge is 2.30. The van der Waals surface area contributed by atoms with Crippen molar-refractivity contribution >= 4 is 39.5 Å². The van der Waals surface area contributed by atoms with Gasteiger partial charge in [0.05, 0.1) is 26.4 Å². The molecule has 0 aliphatic heterocycles. The number of aliphatic hydroxyl groups excluding tert-OH is 1. The molecule has 0 aliphatic carbocycles. The van der Waals surface area contributed by atoms with E-state index in [0.29, 0.717) is 31.6 Å². The van der Waals surface area contributed by atoms with Gasteiger partial charge in [-0.2, -0.15) is 0 Å². The number of phosphoric ester groups is 2. The number of esters is 4. The SMILES string of the molecule is CCCCCCCCCCCCCCCCCCCCCCC(=O)O[C@H](COC(=O)CCCCCCCCCCCCCC(C)C)COP(=O)(O)OC[C@@H](O)COP(=O)(O)OC[C@@H](COC(=O)CCCCCCCCCC(C)C)OC(=O)CCCCCCCCCCCCCCC. The number of phosphoric acid groups is 2. The van der Waals surface area contributed by atoms with Crippen LogP contribution in [-0.4, -0.2) is 96.7 Å². The molecule has 0 aromatic carbocycles. The highest BCUT2D eigenvalue weighted by atomic mass is 31.2. The molecule has 0 saturated heterocycles. The lowest BCUT2D eigenvalue weighted by Crippen LogP contribution is -2.30. The second-order valence-electron chi connectivity index (χ2n) is 29.1. The van der Waals surface area contributed by atoms with E-state index in [-0.39, 0.29) is 25.7 Å². The molecule has 19 heteroatoms. The molecular formula is C78H152O17P2. The second-order valence-corrected chi connectivity index (χ2v) is 32.0. The Morgan fingerprint density at radius 2 is 0.474 bits per heavy atom. The van der Waals surface area contributed by atoms with Gasteiger partial charge < -0.3 is 33.8 Å². The first kappa shape index (κ1) is 95.1. The topological polar surface area (TPSA) is 237 Å². The number of hydrogen-bond acceptors (Lipinski definition) is 15. The Morgan fingerprint density at radius 1 is 0.278 bits per heavy atom. The van der Waals surface area contributed by atoms with Gasteiger partial charge in [0.2, 0.25) is 0 Å². The summed E-state index contributed by atoms with van der Waals surface area (Å²) in [6, 6.07) is 0. The summed E-state index contributed by atoms with van der Waals surface area (Å²) in [4.78, 5) is 72.9. The summed E-state index contributed by atoms with van der Waals surface area (Å²) in [5, 5.41) is 10.6. The molecule has 0 radical (unpaired) electrons. The van der Waals surface area contributed by atoms with Crippen LogP contribution in [0, 0.1) is 11.8 Å². The van der Waals surface area contributed by atoms with E-state index in [1.54, 1.807) is 0 Å². The number of carbonyl (C=O) groups excluding carboxylic acids is 4. The third kappa shape index (κ3) is 72.2. The quantitative estimate of drug-likeness (QED) is 0.0222. The van der Waals surface area contributed by atoms with Crippen molar-refractivity contribution in [3.63, 3.8) is 0 Å². The molecule has 5 atom stereocenters. The summed E-state index contributed by atoms with van der Waals surface area (Å²) in [5.74, 6) is -0.637. The fourth-order valence-corrected chi connectivity index (χ4v) is 13.6. The lowest BCUT2D eigenvalue weighted by atomic mass is 10.0. The van der Waals surface area contributed by atoms with Gasteiger partial charge in [0, 0.05) is 25.7 Å². The molecule has 0 rings (SSSR count). The minimum Gasteiger partial charge on any atom is -0.462 e. The zero-order valence-electron chi connectivity index (χ0n) is 63.4. The Balaban J connectivity index is 5.22. The van der Waals surface area contributed by atoms with Crippen molar-refractivity contribution in [2.24, 2.45) is 11.8 Å². The maximum Gasteiger partial charge on any atom is 0.472 e. The molecule has 0 bridgehead atoms. The monoisotopic (exact) mass is 1420 g/mol. The van der Waals surface area contributed by atoms with Gasteiger partial charge in [0.15, 0.2) is 12.2 Å². The molecule has 0 aliphatic rings. The Kier molecular flexibility index (Phi) is 68.4. The highest BCUT2D eigenvalue weighted by molar-refractivity contribution is 7.47. The molecule has 0 aromatic rings. The van der Waals surface area contributed by atoms with E-state index < -0.39 is 97.5 Å². The maximum absolute atomic E-state index is 13.1. The first-order valence-corrected chi connectivity index (χ1v) is 43.5. The van der Waals surface area contributed by atoms with E-state index in [1.807, 2.05) is 0 Å². The third-order valence-corrected chi connectivity index (χ3v) is 20.1. The van der Waals surface area contributed by atoms with Crippen LogP contribution in [0.3, 0.4) is 0 Å². The van der Waals surface area contributed by atoms with Gasteiger partial charge in [-0.1, -0.05) is 356 Å². The molecule has 0 amide bonds. The number of carbonyl (C=O) groups is 4. The number of hydrogen-bond donors (Lipinski definition) is 3. The first-order chi connectivity index (χ1) is 46.9. The Bertz CT molecular complexity index is 1870. The number of rotatable bonds is 77. The average molecular weight is 1420 g/mol. The summed E-state index contributed by atoms with van der Waals surface area (Å²) in [7, 11) is -9.91. The number of aliphatic hydroxyl groups is 1. The third-order valence-electron chi connectivity index (χ3n) is 18.2. The molecule has 3 N–H and O–H groups in total. The average Bonchev–Trinajstić information content (AvgIpc) is 1.34. The van der Waals surface area contributed by atoms with E-state index in [4.69, 9.17) is 37.0 Å². The Labute approximate surface area is 594 Å². The van der Waals surface area contributed by atoms with Crippen molar-refractivity contribution < 1.29 is 80.2 Å². The molecule has 0 aromatic heterocycles. The zero-order chi connectivity index (χ0) is 71.4. The van der Waals surface area contributed by atoms with Crippen LogP contribution in [-0.2, 0) is 65.4 Å². The highest BCUT2D eigenvalue weighted by Crippen LogP contribution is 2.45. The second kappa shape index (κ2) is 69.8. The fraction of sp³-hybridized carbons (Fsp3) is 0.949. The summed E-state index contributed by atoms with van der Waals surface area (Å²) >= 11 is 0. The molecule has 0 fully saturated rings. The lowest BCUT2D eigenvalue weighted by Gasteiger charge is -2.21. The molecule has 17 nitrogen and oxygen atoms in total. The van der Waals surface area contributed by atoms with Gasteiger partial charge in [0.25, 0.3) is 0 Å². The van der Waals surface area contributed by atoms with Crippen molar-refractivity contribution in [2.45, 2.75) is 426 Å². The van der Waals surface area contributed by atoms with Crippen molar-refractivity contribution in [1.29, 1.82) is 0 Å². The van der Waals surface area contributed by atoms with Crippen LogP contribution in [0.1, 0.15) is 408 Å². The Hall–Kier alpha value is -1.94. The molecule has 0 heterocycles. The molecule has 97 heavy (non-hydrogen) atoms. The van der Waals surface area contributed by atoms with E-state index >= 15 is 0 Å². The summed E-state index contributed by atoms with van der Waals surface area (Å²) in [6.07, 6.45) is 58.4. The normalized spacial score (nSPS) is 14.0. The van der Waals surface area contributed by atoms with Crippen LogP contribution >= 0.6 is 15.6 Å². The van der Waals surface area contributed by atoms with Crippen molar-refractivity contribution in [3.05, 3.63) is 0 Å². The van der Waals surface area contributed by atoms with Gasteiger partial charge in [-0.15, -0.1) is 0 Å². The predicted octanol–water partition coefficient (Wildman–Crippen LogP) is 23.1. The van der Waals surface area contributed by atoms with Gasteiger partial charge in [-0.05, 0) is 37.5 Å². The van der Waals surface area contributed by atoms with Crippen molar-refractivity contribution in [2.75, 3.05) is 39.6 Å². The molecular weight excluding hydrogens is 1270 g/mol. The summed E-state index contributed by atoms with van der Waals surface area (Å²) in [6.45, 7) is 9.56. The maximum atomic E-state index is 13.1. The first-order valence-electron chi connectivity index (χ1n) is 40.5. The van der Waals surface area contributed by atoms with Crippen molar-refractivity contribution in [3.8, 4) is 0 Å². The van der Waals surface area contributed by atoms with Crippen LogP contribution < -0.4 is 0 Å².